The van der Waals surface area contributed by atoms with Crippen LogP contribution in [0.1, 0.15) is 18.4 Å². The normalized spacial score (nSPS) is 16.8. The number of aliphatic hydroxyl groups is 1. The fraction of sp³-hybridized carbons (Fsp3) is 0.389. The molecule has 0 bridgehead atoms. The average molecular weight is 535 g/mol. The Labute approximate surface area is 180 Å². The number of aromatic nitrogens is 1. The van der Waals surface area contributed by atoms with E-state index in [1.54, 1.807) is 6.07 Å². The quantitative estimate of drug-likeness (QED) is 0.490. The molecule has 3 N–H and O–H groups in total. The summed E-state index contributed by atoms with van der Waals surface area (Å²) in [6.07, 6.45) is 0.671. The Hall–Kier alpha value is -1.86. The topological polar surface area (TPSA) is 110 Å². The average Bonchev–Trinajstić information content (AvgIpc) is 3.34. The molecule has 8 nitrogen and oxygen atoms in total. The highest BCUT2D eigenvalue weighted by Gasteiger charge is 2.55. The van der Waals surface area contributed by atoms with Crippen molar-refractivity contribution in [3.63, 3.8) is 0 Å². The monoisotopic (exact) mass is 535 g/mol. The summed E-state index contributed by atoms with van der Waals surface area (Å²) in [4.78, 5) is 12.7. The number of halogens is 2. The van der Waals surface area contributed by atoms with Gasteiger partial charge in [-0.3, -0.25) is 14.1 Å². The Balaban J connectivity index is 1.86. The fourth-order valence-electron chi connectivity index (χ4n) is 3.29. The smallest absolute Gasteiger partial charge is 0.258 e. The van der Waals surface area contributed by atoms with Crippen LogP contribution in [0.25, 0.3) is 0 Å². The third-order valence-electron chi connectivity index (χ3n) is 5.30. The first kappa shape index (κ1) is 20.4. The molecule has 1 aromatic heterocycles. The molecule has 2 aromatic rings. The van der Waals surface area contributed by atoms with Crippen LogP contribution in [0.4, 0.5) is 21.5 Å². The van der Waals surface area contributed by atoms with Crippen molar-refractivity contribution in [1.82, 2.24) is 4.57 Å². The summed E-state index contributed by atoms with van der Waals surface area (Å²) in [5.41, 5.74) is 0.137. The van der Waals surface area contributed by atoms with Crippen LogP contribution in [0.2, 0.25) is 0 Å². The van der Waals surface area contributed by atoms with Crippen molar-refractivity contribution < 1.29 is 22.7 Å². The summed E-state index contributed by atoms with van der Waals surface area (Å²) >= 11 is 1.98. The van der Waals surface area contributed by atoms with Crippen LogP contribution < -0.4 is 20.3 Å². The van der Waals surface area contributed by atoms with Gasteiger partial charge < -0.3 is 15.2 Å². The molecule has 4 rings (SSSR count). The van der Waals surface area contributed by atoms with E-state index < -0.39 is 27.2 Å². The van der Waals surface area contributed by atoms with Gasteiger partial charge in [0.05, 0.1) is 24.5 Å². The Kier molecular flexibility index (Phi) is 5.02. The number of sulfonamides is 1. The molecule has 0 spiro atoms. The van der Waals surface area contributed by atoms with Crippen molar-refractivity contribution in [2.24, 2.45) is 0 Å². The molecule has 1 aliphatic heterocycles. The van der Waals surface area contributed by atoms with Gasteiger partial charge in [-0.2, -0.15) is 0 Å². The highest BCUT2D eigenvalue weighted by Crippen LogP contribution is 2.46. The van der Waals surface area contributed by atoms with Crippen LogP contribution in [0.5, 0.6) is 5.88 Å². The van der Waals surface area contributed by atoms with Gasteiger partial charge in [-0.25, -0.2) is 12.8 Å². The molecule has 156 valence electrons. The lowest BCUT2D eigenvalue weighted by Gasteiger charge is -2.22. The van der Waals surface area contributed by atoms with E-state index >= 15 is 0 Å². The zero-order valence-corrected chi connectivity index (χ0v) is 18.4. The Bertz CT molecular complexity index is 1160. The van der Waals surface area contributed by atoms with E-state index in [0.717, 1.165) is 0 Å². The van der Waals surface area contributed by atoms with Gasteiger partial charge >= 0.3 is 0 Å². The van der Waals surface area contributed by atoms with Gasteiger partial charge in [0.25, 0.3) is 5.56 Å². The first-order valence-corrected chi connectivity index (χ1v) is 11.5. The van der Waals surface area contributed by atoms with Gasteiger partial charge in [0.2, 0.25) is 15.9 Å². The highest BCUT2D eigenvalue weighted by atomic mass is 127. The van der Waals surface area contributed by atoms with Crippen LogP contribution in [-0.2, 0) is 16.6 Å². The number of fused-ring (bicyclic) bond motifs is 1. The second-order valence-corrected chi connectivity index (χ2v) is 10.5. The lowest BCUT2D eigenvalue weighted by Crippen LogP contribution is -2.34. The summed E-state index contributed by atoms with van der Waals surface area (Å²) < 4.78 is 49.1. The molecule has 1 saturated carbocycles. The summed E-state index contributed by atoms with van der Waals surface area (Å²) in [5, 5.41) is 12.4. The minimum Gasteiger partial charge on any atom is -0.475 e. The van der Waals surface area contributed by atoms with E-state index in [-0.39, 0.29) is 47.2 Å². The zero-order valence-electron chi connectivity index (χ0n) is 15.5. The van der Waals surface area contributed by atoms with E-state index in [0.29, 0.717) is 16.4 Å². The van der Waals surface area contributed by atoms with Crippen molar-refractivity contribution in [1.29, 1.82) is 0 Å². The lowest BCUT2D eigenvalue weighted by atomic mass is 10.2. The van der Waals surface area contributed by atoms with Crippen molar-refractivity contribution in [3.05, 3.63) is 43.5 Å². The minimum atomic E-state index is -3.96. The first-order valence-electron chi connectivity index (χ1n) is 8.94. The van der Waals surface area contributed by atoms with Gasteiger partial charge in [0.1, 0.15) is 22.9 Å². The van der Waals surface area contributed by atoms with Gasteiger partial charge in [0, 0.05) is 9.13 Å². The Morgan fingerprint density at radius 2 is 2.07 bits per heavy atom. The number of hydrogen-bond acceptors (Lipinski definition) is 6. The number of hydrogen-bond donors (Lipinski definition) is 3. The van der Waals surface area contributed by atoms with E-state index in [4.69, 9.17) is 4.74 Å². The molecule has 29 heavy (non-hydrogen) atoms. The van der Waals surface area contributed by atoms with E-state index in [2.05, 4.69) is 10.0 Å². The molecule has 0 atom stereocenters. The number of pyridine rings is 1. The number of nitrogens with one attached hydrogen (secondary N) is 2. The van der Waals surface area contributed by atoms with Crippen LogP contribution in [0.3, 0.4) is 0 Å². The molecule has 11 heteroatoms. The molecule has 0 radical (unpaired) electrons. The molecule has 1 aromatic carbocycles. The second kappa shape index (κ2) is 7.13. The minimum absolute atomic E-state index is 0.0391. The maximum absolute atomic E-state index is 14.4. The van der Waals surface area contributed by atoms with Gasteiger partial charge in [-0.1, -0.05) is 0 Å². The molecule has 1 fully saturated rings. The number of anilines is 3. The molecule has 2 heterocycles. The summed E-state index contributed by atoms with van der Waals surface area (Å²) in [7, 11) is -3.96. The van der Waals surface area contributed by atoms with Crippen LogP contribution >= 0.6 is 22.6 Å². The number of nitrogens with zero attached hydrogens (tertiary/aromatic N) is 1. The molecule has 0 unspecified atom stereocenters. The molecule has 1 aliphatic carbocycles. The Morgan fingerprint density at radius 1 is 1.34 bits per heavy atom. The van der Waals surface area contributed by atoms with Crippen molar-refractivity contribution >= 4 is 49.7 Å². The highest BCUT2D eigenvalue weighted by molar-refractivity contribution is 14.1. The van der Waals surface area contributed by atoms with Gasteiger partial charge in [-0.15, -0.1) is 0 Å². The van der Waals surface area contributed by atoms with Gasteiger partial charge in [-0.05, 0) is 60.6 Å². The molecular weight excluding hydrogens is 516 g/mol. The Morgan fingerprint density at radius 3 is 2.69 bits per heavy atom. The molecule has 0 saturated heterocycles. The second-order valence-electron chi connectivity index (χ2n) is 7.18. The number of rotatable bonds is 6. The predicted molar refractivity (Wildman–Crippen MR) is 115 cm³/mol. The summed E-state index contributed by atoms with van der Waals surface area (Å²) in [6, 6.07) is 4.52. The van der Waals surface area contributed by atoms with Crippen LogP contribution in [0.15, 0.2) is 23.0 Å². The maximum Gasteiger partial charge on any atom is 0.258 e. The van der Waals surface area contributed by atoms with Crippen LogP contribution in [0, 0.1) is 16.3 Å². The number of ether oxygens (including phenoxy) is 1. The standard InChI is InChI=1S/C18H19FIN3O5S/c1-10-14(21-13-3-2-11(20)8-12(13)19)15(17-23(16(10)25)6-7-28-17)22-29(26,27)18(9-24)4-5-18/h2-3,8,21-22,24H,4-7,9H2,1H3. The first-order chi connectivity index (χ1) is 13.7. The number of benzene rings is 1. The largest absolute Gasteiger partial charge is 0.475 e. The van der Waals surface area contributed by atoms with Crippen molar-refractivity contribution in [3.8, 4) is 5.88 Å². The van der Waals surface area contributed by atoms with Crippen LogP contribution in [-0.4, -0.2) is 36.1 Å². The third kappa shape index (κ3) is 3.38. The summed E-state index contributed by atoms with van der Waals surface area (Å²) in [5.74, 6) is -0.466. The number of aliphatic hydroxyl groups excluding tert-OH is 1. The zero-order chi connectivity index (χ0) is 21.0. The maximum atomic E-state index is 14.4. The lowest BCUT2D eigenvalue weighted by molar-refractivity contribution is 0.284. The van der Waals surface area contributed by atoms with Gasteiger partial charge in [0.15, 0.2) is 0 Å². The van der Waals surface area contributed by atoms with Crippen molar-refractivity contribution in [2.75, 3.05) is 23.3 Å². The molecule has 2 aliphatic rings. The summed E-state index contributed by atoms with van der Waals surface area (Å²) in [6.45, 7) is 1.53. The predicted octanol–water partition coefficient (Wildman–Crippen LogP) is 2.30. The SMILES string of the molecule is Cc1c(Nc2ccc(I)cc2F)c(NS(=O)(=O)C2(CO)CC2)c2n(c1=O)CCO2. The third-order valence-corrected chi connectivity index (χ3v) is 8.12. The molecule has 0 amide bonds. The van der Waals surface area contributed by atoms with E-state index in [9.17, 15) is 22.7 Å². The fourth-order valence-corrected chi connectivity index (χ4v) is 5.23. The molecular formula is C18H19FIN3O5S. The van der Waals surface area contributed by atoms with E-state index in [1.165, 1.54) is 23.6 Å². The van der Waals surface area contributed by atoms with E-state index in [1.807, 2.05) is 22.6 Å². The van der Waals surface area contributed by atoms with Crippen molar-refractivity contribution in [2.45, 2.75) is 31.1 Å².